The molecule has 3 aromatic rings. The molecule has 7 nitrogen and oxygen atoms in total. The van der Waals surface area contributed by atoms with Gasteiger partial charge < -0.3 is 10.2 Å². The first-order valence-electron chi connectivity index (χ1n) is 13.4. The van der Waals surface area contributed by atoms with Gasteiger partial charge in [-0.15, -0.1) is 0 Å². The molecule has 2 amide bonds. The lowest BCUT2D eigenvalue weighted by Crippen LogP contribution is -2.54. The van der Waals surface area contributed by atoms with Crippen molar-refractivity contribution in [2.45, 2.75) is 57.5 Å². The molecule has 4 rings (SSSR count). The van der Waals surface area contributed by atoms with Crippen LogP contribution in [-0.4, -0.2) is 56.6 Å². The fourth-order valence-corrected chi connectivity index (χ4v) is 6.15. The van der Waals surface area contributed by atoms with Gasteiger partial charge in [-0.05, 0) is 42.7 Å². The molecule has 0 heterocycles. The third-order valence-corrected chi connectivity index (χ3v) is 8.41. The number of fused-ring (bicyclic) bond motifs is 1. The fourth-order valence-electron chi connectivity index (χ4n) is 5.28. The fraction of sp³-hybridized carbons (Fsp3) is 0.400. The monoisotopic (exact) mass is 535 g/mol. The third-order valence-electron chi connectivity index (χ3n) is 7.29. The Bertz CT molecular complexity index is 1350. The van der Waals surface area contributed by atoms with Gasteiger partial charge in [0.15, 0.2) is 0 Å². The number of benzene rings is 3. The van der Waals surface area contributed by atoms with Gasteiger partial charge in [0.1, 0.15) is 12.6 Å². The van der Waals surface area contributed by atoms with Crippen molar-refractivity contribution in [3.63, 3.8) is 0 Å². The predicted molar refractivity (Wildman–Crippen MR) is 152 cm³/mol. The minimum absolute atomic E-state index is 0.130. The Morgan fingerprint density at radius 1 is 0.947 bits per heavy atom. The van der Waals surface area contributed by atoms with E-state index in [1.807, 2.05) is 67.6 Å². The van der Waals surface area contributed by atoms with Crippen molar-refractivity contribution in [1.29, 1.82) is 0 Å². The standard InChI is InChI=1S/C30H37N3O4S/c1-3-27(30(35)31-25-16-8-9-17-25)32(21-20-23-12-5-4-6-13-23)29(34)22-33(38(2,36)37)28-19-11-15-24-14-7-10-18-26(24)28/h4-7,10-15,18-19,25,27H,3,8-9,16-17,20-22H2,1-2H3,(H,31,35)/t27-/m1/s1. The van der Waals surface area contributed by atoms with Crippen molar-refractivity contribution in [2.24, 2.45) is 0 Å². The minimum Gasteiger partial charge on any atom is -0.352 e. The summed E-state index contributed by atoms with van der Waals surface area (Å²) in [4.78, 5) is 28.9. The highest BCUT2D eigenvalue weighted by Crippen LogP contribution is 2.29. The van der Waals surface area contributed by atoms with Crippen LogP contribution in [0.3, 0.4) is 0 Å². The van der Waals surface area contributed by atoms with E-state index in [1.165, 1.54) is 0 Å². The second-order valence-electron chi connectivity index (χ2n) is 10.0. The Hall–Kier alpha value is -3.39. The Kier molecular flexibility index (Phi) is 9.05. The Labute approximate surface area is 225 Å². The van der Waals surface area contributed by atoms with Crippen molar-refractivity contribution in [3.8, 4) is 0 Å². The number of rotatable bonds is 11. The Morgan fingerprint density at radius 3 is 2.29 bits per heavy atom. The van der Waals surface area contributed by atoms with E-state index in [1.54, 1.807) is 17.0 Å². The maximum Gasteiger partial charge on any atom is 0.244 e. The van der Waals surface area contributed by atoms with Crippen LogP contribution in [0.25, 0.3) is 10.8 Å². The van der Waals surface area contributed by atoms with E-state index in [9.17, 15) is 18.0 Å². The molecule has 0 spiro atoms. The largest absolute Gasteiger partial charge is 0.352 e. The predicted octanol–water partition coefficient (Wildman–Crippen LogP) is 4.51. The van der Waals surface area contributed by atoms with Gasteiger partial charge in [-0.2, -0.15) is 0 Å². The summed E-state index contributed by atoms with van der Waals surface area (Å²) in [7, 11) is -3.79. The van der Waals surface area contributed by atoms with Crippen molar-refractivity contribution in [3.05, 3.63) is 78.4 Å². The van der Waals surface area contributed by atoms with Crippen LogP contribution in [-0.2, 0) is 26.0 Å². The van der Waals surface area contributed by atoms with Gasteiger partial charge in [-0.25, -0.2) is 8.42 Å². The number of nitrogens with one attached hydrogen (secondary N) is 1. The lowest BCUT2D eigenvalue weighted by Gasteiger charge is -2.33. The second-order valence-corrected chi connectivity index (χ2v) is 11.9. The van der Waals surface area contributed by atoms with E-state index in [-0.39, 0.29) is 18.5 Å². The van der Waals surface area contributed by atoms with Crippen LogP contribution in [0.15, 0.2) is 72.8 Å². The summed E-state index contributed by atoms with van der Waals surface area (Å²) in [5.41, 5.74) is 1.50. The molecule has 3 aromatic carbocycles. The van der Waals surface area contributed by atoms with Crippen molar-refractivity contribution >= 4 is 38.3 Å². The zero-order valence-corrected chi connectivity index (χ0v) is 23.0. The first-order valence-corrected chi connectivity index (χ1v) is 15.2. The highest BCUT2D eigenvalue weighted by Gasteiger charge is 2.33. The summed E-state index contributed by atoms with van der Waals surface area (Å²) in [5, 5.41) is 4.77. The number of nitrogens with zero attached hydrogens (tertiary/aromatic N) is 2. The summed E-state index contributed by atoms with van der Waals surface area (Å²) in [5.74, 6) is -0.565. The van der Waals surface area contributed by atoms with Crippen LogP contribution in [0.5, 0.6) is 0 Å². The molecule has 8 heteroatoms. The number of amides is 2. The van der Waals surface area contributed by atoms with E-state index in [0.717, 1.165) is 52.6 Å². The van der Waals surface area contributed by atoms with Gasteiger partial charge in [0.2, 0.25) is 21.8 Å². The molecule has 0 aromatic heterocycles. The van der Waals surface area contributed by atoms with Crippen LogP contribution in [0.4, 0.5) is 5.69 Å². The van der Waals surface area contributed by atoms with Gasteiger partial charge in [0, 0.05) is 18.0 Å². The average molecular weight is 536 g/mol. The number of hydrogen-bond acceptors (Lipinski definition) is 4. The first kappa shape index (κ1) is 27.6. The summed E-state index contributed by atoms with van der Waals surface area (Å²) in [6.07, 6.45) is 6.19. The smallest absolute Gasteiger partial charge is 0.244 e. The topological polar surface area (TPSA) is 86.8 Å². The van der Waals surface area contributed by atoms with E-state index in [0.29, 0.717) is 25.1 Å². The zero-order valence-electron chi connectivity index (χ0n) is 22.2. The van der Waals surface area contributed by atoms with Crippen molar-refractivity contribution in [2.75, 3.05) is 23.7 Å². The second kappa shape index (κ2) is 12.4. The van der Waals surface area contributed by atoms with Crippen molar-refractivity contribution < 1.29 is 18.0 Å². The van der Waals surface area contributed by atoms with Crippen LogP contribution in [0.1, 0.15) is 44.6 Å². The SMILES string of the molecule is CC[C@H](C(=O)NC1CCCC1)N(CCc1ccccc1)C(=O)CN(c1cccc2ccccc12)S(C)(=O)=O. The summed E-state index contributed by atoms with van der Waals surface area (Å²) >= 11 is 0. The number of sulfonamides is 1. The maximum absolute atomic E-state index is 13.9. The molecule has 1 N–H and O–H groups in total. The molecule has 0 aliphatic heterocycles. The van der Waals surface area contributed by atoms with Gasteiger partial charge in [0.25, 0.3) is 0 Å². The van der Waals surface area contributed by atoms with Crippen LogP contribution >= 0.6 is 0 Å². The highest BCUT2D eigenvalue weighted by molar-refractivity contribution is 7.92. The third kappa shape index (κ3) is 6.72. The lowest BCUT2D eigenvalue weighted by molar-refractivity contribution is -0.139. The van der Waals surface area contributed by atoms with E-state index in [4.69, 9.17) is 0 Å². The van der Waals surface area contributed by atoms with E-state index >= 15 is 0 Å². The van der Waals surface area contributed by atoms with Gasteiger partial charge >= 0.3 is 0 Å². The van der Waals surface area contributed by atoms with Crippen LogP contribution < -0.4 is 9.62 Å². The summed E-state index contributed by atoms with van der Waals surface area (Å²) < 4.78 is 27.1. The minimum atomic E-state index is -3.79. The Morgan fingerprint density at radius 2 is 1.61 bits per heavy atom. The summed E-state index contributed by atoms with van der Waals surface area (Å²) in [6, 6.07) is 22.2. The molecular formula is C30H37N3O4S. The normalized spacial score (nSPS) is 14.8. The quantitative estimate of drug-likeness (QED) is 0.391. The lowest BCUT2D eigenvalue weighted by atomic mass is 10.1. The highest BCUT2D eigenvalue weighted by atomic mass is 32.2. The van der Waals surface area contributed by atoms with Crippen LogP contribution in [0.2, 0.25) is 0 Å². The molecule has 1 atom stereocenters. The van der Waals surface area contributed by atoms with Gasteiger partial charge in [-0.1, -0.05) is 86.5 Å². The molecule has 202 valence electrons. The molecule has 0 bridgehead atoms. The summed E-state index contributed by atoms with van der Waals surface area (Å²) in [6.45, 7) is 1.82. The molecule has 38 heavy (non-hydrogen) atoms. The Balaban J connectivity index is 1.64. The molecule has 1 saturated carbocycles. The zero-order chi connectivity index (χ0) is 27.1. The molecular weight excluding hydrogens is 498 g/mol. The molecule has 1 aliphatic rings. The number of anilines is 1. The molecule has 1 fully saturated rings. The maximum atomic E-state index is 13.9. The van der Waals surface area contributed by atoms with Crippen molar-refractivity contribution in [1.82, 2.24) is 10.2 Å². The van der Waals surface area contributed by atoms with Gasteiger partial charge in [-0.3, -0.25) is 13.9 Å². The molecule has 0 unspecified atom stereocenters. The number of carbonyl (C=O) groups is 2. The van der Waals surface area contributed by atoms with Gasteiger partial charge in [0.05, 0.1) is 11.9 Å². The van der Waals surface area contributed by atoms with Crippen LogP contribution in [0, 0.1) is 0 Å². The first-order chi connectivity index (χ1) is 18.3. The number of hydrogen-bond donors (Lipinski definition) is 1. The van der Waals surface area contributed by atoms with E-state index < -0.39 is 22.0 Å². The molecule has 1 aliphatic carbocycles. The molecule has 0 saturated heterocycles. The average Bonchev–Trinajstić information content (AvgIpc) is 3.42. The molecule has 0 radical (unpaired) electrons. The number of carbonyl (C=O) groups excluding carboxylic acids is 2. The van der Waals surface area contributed by atoms with E-state index in [2.05, 4.69) is 5.32 Å².